The summed E-state index contributed by atoms with van der Waals surface area (Å²) in [5.74, 6) is 1.21. The van der Waals surface area contributed by atoms with E-state index in [9.17, 15) is 4.79 Å². The van der Waals surface area contributed by atoms with Gasteiger partial charge in [0.05, 0.1) is 5.69 Å². The molecule has 7 heteroatoms. The second-order valence-corrected chi connectivity index (χ2v) is 7.88. The standard InChI is InChI=1S/C23H27N3O3S/c1-4-17-9-11-18(12-10-17)29-15-22(27)25-23-24-20(16-30-23)19-7-5-6-8-21(19)28-14-13-26(2)3/h5-12,16H,4,13-15H2,1-3H3,(H,24,25,27). The van der Waals surface area contributed by atoms with Crippen molar-refractivity contribution in [2.45, 2.75) is 13.3 Å². The summed E-state index contributed by atoms with van der Waals surface area (Å²) in [4.78, 5) is 18.8. The van der Waals surface area contributed by atoms with E-state index >= 15 is 0 Å². The Morgan fingerprint density at radius 2 is 1.87 bits per heavy atom. The molecule has 0 saturated heterocycles. The quantitative estimate of drug-likeness (QED) is 0.524. The third-order valence-electron chi connectivity index (χ3n) is 4.41. The minimum atomic E-state index is -0.244. The first kappa shape index (κ1) is 21.8. The molecule has 1 N–H and O–H groups in total. The Morgan fingerprint density at radius 3 is 2.60 bits per heavy atom. The van der Waals surface area contributed by atoms with Crippen LogP contribution in [0.15, 0.2) is 53.9 Å². The van der Waals surface area contributed by atoms with Crippen LogP contribution in [-0.2, 0) is 11.2 Å². The molecule has 0 saturated carbocycles. The molecule has 0 aliphatic carbocycles. The first-order valence-electron chi connectivity index (χ1n) is 9.89. The zero-order valence-electron chi connectivity index (χ0n) is 17.6. The largest absolute Gasteiger partial charge is 0.492 e. The molecule has 0 aliphatic heterocycles. The van der Waals surface area contributed by atoms with Gasteiger partial charge >= 0.3 is 0 Å². The number of carbonyl (C=O) groups is 1. The number of thiazole rings is 1. The number of likely N-dealkylation sites (N-methyl/N-ethyl adjacent to an activating group) is 1. The molecule has 3 rings (SSSR count). The number of aryl methyl sites for hydroxylation is 1. The van der Waals surface area contributed by atoms with Crippen molar-refractivity contribution in [1.29, 1.82) is 0 Å². The summed E-state index contributed by atoms with van der Waals surface area (Å²) >= 11 is 1.37. The lowest BCUT2D eigenvalue weighted by Gasteiger charge is -2.13. The molecule has 1 amide bonds. The fraction of sp³-hybridized carbons (Fsp3) is 0.304. The summed E-state index contributed by atoms with van der Waals surface area (Å²) in [5.41, 5.74) is 2.90. The minimum absolute atomic E-state index is 0.0649. The highest BCUT2D eigenvalue weighted by atomic mass is 32.1. The van der Waals surface area contributed by atoms with Crippen molar-refractivity contribution in [3.8, 4) is 22.8 Å². The van der Waals surface area contributed by atoms with E-state index in [-0.39, 0.29) is 12.5 Å². The van der Waals surface area contributed by atoms with Crippen LogP contribution in [0.1, 0.15) is 12.5 Å². The van der Waals surface area contributed by atoms with Crippen molar-refractivity contribution >= 4 is 22.4 Å². The van der Waals surface area contributed by atoms with E-state index in [4.69, 9.17) is 9.47 Å². The molecular weight excluding hydrogens is 398 g/mol. The monoisotopic (exact) mass is 425 g/mol. The van der Waals surface area contributed by atoms with Crippen LogP contribution in [0.25, 0.3) is 11.3 Å². The normalized spacial score (nSPS) is 10.8. The Hall–Kier alpha value is -2.90. The molecule has 0 unspecified atom stereocenters. The highest BCUT2D eigenvalue weighted by molar-refractivity contribution is 7.14. The summed E-state index contributed by atoms with van der Waals surface area (Å²) in [6.07, 6.45) is 0.969. The molecule has 0 radical (unpaired) electrons. The van der Waals surface area contributed by atoms with Crippen LogP contribution in [0.2, 0.25) is 0 Å². The first-order valence-corrected chi connectivity index (χ1v) is 10.8. The van der Waals surface area contributed by atoms with E-state index in [1.807, 2.05) is 68.0 Å². The molecule has 6 nitrogen and oxygen atoms in total. The van der Waals surface area contributed by atoms with Gasteiger partial charge in [0.25, 0.3) is 5.91 Å². The van der Waals surface area contributed by atoms with Gasteiger partial charge in [0.1, 0.15) is 18.1 Å². The van der Waals surface area contributed by atoms with Crippen molar-refractivity contribution in [3.05, 3.63) is 59.5 Å². The molecule has 30 heavy (non-hydrogen) atoms. The van der Waals surface area contributed by atoms with Crippen LogP contribution in [0.3, 0.4) is 0 Å². The third kappa shape index (κ3) is 6.30. The number of anilines is 1. The van der Waals surface area contributed by atoms with Crippen molar-refractivity contribution in [2.24, 2.45) is 0 Å². The lowest BCUT2D eigenvalue weighted by molar-refractivity contribution is -0.118. The molecule has 0 aliphatic rings. The number of para-hydroxylation sites is 1. The maximum Gasteiger partial charge on any atom is 0.264 e. The maximum atomic E-state index is 12.2. The number of ether oxygens (including phenoxy) is 2. The molecule has 1 heterocycles. The van der Waals surface area contributed by atoms with E-state index in [0.29, 0.717) is 17.5 Å². The summed E-state index contributed by atoms with van der Waals surface area (Å²) < 4.78 is 11.5. The number of benzene rings is 2. The molecule has 0 bridgehead atoms. The fourth-order valence-electron chi connectivity index (χ4n) is 2.72. The van der Waals surface area contributed by atoms with Crippen molar-refractivity contribution in [2.75, 3.05) is 39.2 Å². The Bertz CT molecular complexity index is 954. The van der Waals surface area contributed by atoms with Crippen molar-refractivity contribution < 1.29 is 14.3 Å². The summed E-state index contributed by atoms with van der Waals surface area (Å²) in [7, 11) is 4.02. The van der Waals surface area contributed by atoms with Crippen LogP contribution in [-0.4, -0.2) is 49.6 Å². The number of amides is 1. The maximum absolute atomic E-state index is 12.2. The predicted molar refractivity (Wildman–Crippen MR) is 122 cm³/mol. The van der Waals surface area contributed by atoms with Gasteiger partial charge in [-0.05, 0) is 50.3 Å². The number of hydrogen-bond acceptors (Lipinski definition) is 6. The third-order valence-corrected chi connectivity index (χ3v) is 5.17. The lowest BCUT2D eigenvalue weighted by atomic mass is 10.1. The number of carbonyl (C=O) groups excluding carboxylic acids is 1. The van der Waals surface area contributed by atoms with Gasteiger partial charge in [-0.1, -0.05) is 31.2 Å². The second kappa shape index (κ2) is 10.8. The highest BCUT2D eigenvalue weighted by Crippen LogP contribution is 2.32. The van der Waals surface area contributed by atoms with Crippen LogP contribution in [0, 0.1) is 0 Å². The molecule has 1 aromatic heterocycles. The zero-order valence-corrected chi connectivity index (χ0v) is 18.4. The number of nitrogens with zero attached hydrogens (tertiary/aromatic N) is 2. The topological polar surface area (TPSA) is 63.7 Å². The van der Waals surface area contributed by atoms with Gasteiger partial charge in [-0.3, -0.25) is 10.1 Å². The molecule has 0 spiro atoms. The Morgan fingerprint density at radius 1 is 1.10 bits per heavy atom. The van der Waals surface area contributed by atoms with Gasteiger partial charge in [-0.25, -0.2) is 4.98 Å². The second-order valence-electron chi connectivity index (χ2n) is 7.02. The fourth-order valence-corrected chi connectivity index (χ4v) is 3.45. The van der Waals surface area contributed by atoms with Crippen molar-refractivity contribution in [1.82, 2.24) is 9.88 Å². The van der Waals surface area contributed by atoms with Crippen LogP contribution in [0.4, 0.5) is 5.13 Å². The number of nitrogens with one attached hydrogen (secondary N) is 1. The Labute approximate surface area is 181 Å². The summed E-state index contributed by atoms with van der Waals surface area (Å²) in [6, 6.07) is 15.5. The molecule has 2 aromatic carbocycles. The molecule has 158 valence electrons. The van der Waals surface area contributed by atoms with Crippen molar-refractivity contribution in [3.63, 3.8) is 0 Å². The van der Waals surface area contributed by atoms with Gasteiger partial charge in [0.2, 0.25) is 0 Å². The highest BCUT2D eigenvalue weighted by Gasteiger charge is 2.12. The van der Waals surface area contributed by atoms with Crippen LogP contribution >= 0.6 is 11.3 Å². The Balaban J connectivity index is 1.57. The Kier molecular flexibility index (Phi) is 7.82. The summed E-state index contributed by atoms with van der Waals surface area (Å²) in [5, 5.41) is 5.24. The molecule has 0 fully saturated rings. The summed E-state index contributed by atoms with van der Waals surface area (Å²) in [6.45, 7) is 3.45. The van der Waals surface area contributed by atoms with Gasteiger partial charge < -0.3 is 14.4 Å². The zero-order chi connectivity index (χ0) is 21.3. The molecule has 0 atom stereocenters. The number of aromatic nitrogens is 1. The van der Waals surface area contributed by atoms with E-state index in [2.05, 4.69) is 22.1 Å². The molecule has 3 aromatic rings. The van der Waals surface area contributed by atoms with E-state index in [0.717, 1.165) is 30.0 Å². The number of hydrogen-bond donors (Lipinski definition) is 1. The van der Waals surface area contributed by atoms with Gasteiger partial charge in [0.15, 0.2) is 11.7 Å². The average molecular weight is 426 g/mol. The minimum Gasteiger partial charge on any atom is -0.492 e. The van der Waals surface area contributed by atoms with E-state index < -0.39 is 0 Å². The van der Waals surface area contributed by atoms with Crippen LogP contribution < -0.4 is 14.8 Å². The molecular formula is C23H27N3O3S. The van der Waals surface area contributed by atoms with Gasteiger partial charge in [0, 0.05) is 17.5 Å². The smallest absolute Gasteiger partial charge is 0.264 e. The first-order chi connectivity index (χ1) is 14.5. The van der Waals surface area contributed by atoms with Gasteiger partial charge in [-0.15, -0.1) is 11.3 Å². The average Bonchev–Trinajstić information content (AvgIpc) is 3.21. The van der Waals surface area contributed by atoms with Crippen LogP contribution in [0.5, 0.6) is 11.5 Å². The SMILES string of the molecule is CCc1ccc(OCC(=O)Nc2nc(-c3ccccc3OCCN(C)C)cs2)cc1. The van der Waals surface area contributed by atoms with E-state index in [1.165, 1.54) is 16.9 Å². The van der Waals surface area contributed by atoms with Gasteiger partial charge in [-0.2, -0.15) is 0 Å². The predicted octanol–water partition coefficient (Wildman–Crippen LogP) is 4.33. The lowest BCUT2D eigenvalue weighted by Crippen LogP contribution is -2.20. The van der Waals surface area contributed by atoms with E-state index in [1.54, 1.807) is 0 Å². The number of rotatable bonds is 10.